The molecule has 3 rings (SSSR count). The smallest absolute Gasteiger partial charge is 0.308 e. The number of rotatable bonds is 6. The number of ether oxygens (including phenoxy) is 2. The summed E-state index contributed by atoms with van der Waals surface area (Å²) in [6.07, 6.45) is 10.6. The summed E-state index contributed by atoms with van der Waals surface area (Å²) in [5.41, 5.74) is 1.27. The zero-order valence-corrected chi connectivity index (χ0v) is 17.3. The zero-order valence-electron chi connectivity index (χ0n) is 17.3. The van der Waals surface area contributed by atoms with Crippen LogP contribution in [0.15, 0.2) is 23.8 Å². The second-order valence-corrected chi connectivity index (χ2v) is 8.76. The Bertz CT molecular complexity index is 637. The van der Waals surface area contributed by atoms with Gasteiger partial charge in [0.2, 0.25) is 0 Å². The van der Waals surface area contributed by atoms with Gasteiger partial charge in [-0.25, -0.2) is 0 Å². The minimum Gasteiger partial charge on any atom is -0.462 e. The number of aliphatic hydroxyl groups excluding tert-OH is 1. The van der Waals surface area contributed by atoms with Crippen LogP contribution in [0.1, 0.15) is 65.7 Å². The van der Waals surface area contributed by atoms with Gasteiger partial charge >= 0.3 is 11.9 Å². The van der Waals surface area contributed by atoms with E-state index in [1.807, 2.05) is 13.8 Å². The normalized spacial score (nSPS) is 36.1. The average Bonchev–Trinajstić information content (AvgIpc) is 2.66. The minimum absolute atomic E-state index is 0.0764. The van der Waals surface area contributed by atoms with E-state index < -0.39 is 6.10 Å². The van der Waals surface area contributed by atoms with Crippen molar-refractivity contribution in [3.05, 3.63) is 23.8 Å². The maximum atomic E-state index is 12.4. The summed E-state index contributed by atoms with van der Waals surface area (Å²) in [4.78, 5) is 24.1. The van der Waals surface area contributed by atoms with Gasteiger partial charge in [0.25, 0.3) is 0 Å². The molecule has 1 saturated heterocycles. The Morgan fingerprint density at radius 1 is 1.39 bits per heavy atom. The van der Waals surface area contributed by atoms with Gasteiger partial charge in [0, 0.05) is 12.3 Å². The molecule has 0 aromatic heterocycles. The van der Waals surface area contributed by atoms with Crippen molar-refractivity contribution in [3.63, 3.8) is 0 Å². The Kier molecular flexibility index (Phi) is 6.97. The fraction of sp³-hybridized carbons (Fsp3) is 0.739. The predicted molar refractivity (Wildman–Crippen MR) is 106 cm³/mol. The average molecular weight is 391 g/mol. The maximum absolute atomic E-state index is 12.4. The highest BCUT2D eigenvalue weighted by atomic mass is 16.5. The van der Waals surface area contributed by atoms with E-state index in [0.717, 1.165) is 32.1 Å². The van der Waals surface area contributed by atoms with Crippen LogP contribution in [0.2, 0.25) is 0 Å². The fourth-order valence-electron chi connectivity index (χ4n) is 4.80. The van der Waals surface area contributed by atoms with Crippen molar-refractivity contribution in [3.8, 4) is 0 Å². The Hall–Kier alpha value is -1.62. The lowest BCUT2D eigenvalue weighted by Crippen LogP contribution is -2.40. The van der Waals surface area contributed by atoms with Crippen LogP contribution in [0.5, 0.6) is 0 Å². The third-order valence-electron chi connectivity index (χ3n) is 6.69. The van der Waals surface area contributed by atoms with Crippen LogP contribution in [0, 0.1) is 23.7 Å². The largest absolute Gasteiger partial charge is 0.462 e. The lowest BCUT2D eigenvalue weighted by molar-refractivity contribution is -0.162. The van der Waals surface area contributed by atoms with Crippen molar-refractivity contribution in [1.82, 2.24) is 0 Å². The molecule has 28 heavy (non-hydrogen) atoms. The van der Waals surface area contributed by atoms with Crippen LogP contribution in [0.4, 0.5) is 0 Å². The Morgan fingerprint density at radius 2 is 2.18 bits per heavy atom. The van der Waals surface area contributed by atoms with E-state index >= 15 is 0 Å². The number of carbonyl (C=O) groups excluding carboxylic acids is 2. The molecule has 7 atom stereocenters. The lowest BCUT2D eigenvalue weighted by atomic mass is 9.66. The van der Waals surface area contributed by atoms with Gasteiger partial charge in [-0.15, -0.1) is 0 Å². The number of aliphatic hydroxyl groups is 1. The SMILES string of the molecule is CC[C@H](C)C(=O)O[C@H]1CCC=C2C=C[C@H](C)[C@H](CCC3CC(O)CC(=O)O3)[C@H]21. The van der Waals surface area contributed by atoms with Gasteiger partial charge < -0.3 is 14.6 Å². The number of esters is 2. The van der Waals surface area contributed by atoms with E-state index in [9.17, 15) is 14.7 Å². The fourth-order valence-corrected chi connectivity index (χ4v) is 4.80. The topological polar surface area (TPSA) is 72.8 Å². The van der Waals surface area contributed by atoms with E-state index in [4.69, 9.17) is 9.47 Å². The summed E-state index contributed by atoms with van der Waals surface area (Å²) in [6.45, 7) is 6.14. The number of allylic oxidation sites excluding steroid dienone is 3. The zero-order chi connectivity index (χ0) is 20.3. The minimum atomic E-state index is -0.593. The molecule has 0 spiro atoms. The molecular weight excluding hydrogens is 356 g/mol. The molecule has 0 aromatic rings. The first-order valence-corrected chi connectivity index (χ1v) is 10.8. The molecule has 3 aliphatic rings. The molecule has 0 saturated carbocycles. The quantitative estimate of drug-likeness (QED) is 0.695. The Labute approximate surface area is 168 Å². The van der Waals surface area contributed by atoms with Gasteiger partial charge in [0.05, 0.1) is 18.4 Å². The molecule has 1 fully saturated rings. The van der Waals surface area contributed by atoms with Crippen molar-refractivity contribution in [2.24, 2.45) is 23.7 Å². The summed E-state index contributed by atoms with van der Waals surface area (Å²) < 4.78 is 11.4. The van der Waals surface area contributed by atoms with Crippen molar-refractivity contribution >= 4 is 11.9 Å². The third kappa shape index (κ3) is 4.86. The van der Waals surface area contributed by atoms with Crippen LogP contribution >= 0.6 is 0 Å². The highest BCUT2D eigenvalue weighted by Crippen LogP contribution is 2.44. The molecule has 2 unspecified atom stereocenters. The maximum Gasteiger partial charge on any atom is 0.308 e. The highest BCUT2D eigenvalue weighted by molar-refractivity contribution is 5.72. The van der Waals surface area contributed by atoms with E-state index in [-0.39, 0.29) is 42.4 Å². The van der Waals surface area contributed by atoms with Crippen molar-refractivity contribution in [2.75, 3.05) is 0 Å². The monoisotopic (exact) mass is 390 g/mol. The summed E-state index contributed by atoms with van der Waals surface area (Å²) in [5.74, 6) is 0.426. The molecule has 1 N–H and O–H groups in total. The van der Waals surface area contributed by atoms with Crippen molar-refractivity contribution in [2.45, 2.75) is 84.0 Å². The van der Waals surface area contributed by atoms with Gasteiger partial charge in [-0.3, -0.25) is 9.59 Å². The van der Waals surface area contributed by atoms with Gasteiger partial charge in [-0.1, -0.05) is 39.0 Å². The second-order valence-electron chi connectivity index (χ2n) is 8.76. The molecule has 0 radical (unpaired) electrons. The van der Waals surface area contributed by atoms with E-state index in [2.05, 4.69) is 25.2 Å². The summed E-state index contributed by atoms with van der Waals surface area (Å²) in [7, 11) is 0. The van der Waals surface area contributed by atoms with Gasteiger partial charge in [-0.05, 0) is 49.5 Å². The number of cyclic esters (lactones) is 1. The molecule has 2 aliphatic carbocycles. The summed E-state index contributed by atoms with van der Waals surface area (Å²) >= 11 is 0. The van der Waals surface area contributed by atoms with Gasteiger partial charge in [0.15, 0.2) is 0 Å². The Balaban J connectivity index is 1.70. The molecule has 1 aliphatic heterocycles. The number of hydrogen-bond acceptors (Lipinski definition) is 5. The molecule has 5 heteroatoms. The first-order chi connectivity index (χ1) is 13.4. The van der Waals surface area contributed by atoms with Crippen LogP contribution in [0.25, 0.3) is 0 Å². The van der Waals surface area contributed by atoms with Crippen LogP contribution in [-0.4, -0.2) is 35.4 Å². The van der Waals surface area contributed by atoms with Crippen LogP contribution in [-0.2, 0) is 19.1 Å². The summed E-state index contributed by atoms with van der Waals surface area (Å²) in [6, 6.07) is 0. The molecular formula is C23H34O5. The molecule has 5 nitrogen and oxygen atoms in total. The number of hydrogen-bond donors (Lipinski definition) is 1. The molecule has 1 heterocycles. The molecule has 0 aromatic carbocycles. The lowest BCUT2D eigenvalue weighted by Gasteiger charge is -2.42. The first-order valence-electron chi connectivity index (χ1n) is 10.8. The Morgan fingerprint density at radius 3 is 2.89 bits per heavy atom. The van der Waals surface area contributed by atoms with Crippen LogP contribution < -0.4 is 0 Å². The molecule has 0 amide bonds. The standard InChI is InChI=1S/C23H34O5/c1-4-14(2)23(26)28-20-7-5-6-16-9-8-15(3)19(22(16)20)11-10-18-12-17(24)13-21(25)27-18/h6,8-9,14-15,17-20,22,24H,4-5,7,10-13H2,1-3H3/t14-,15-,17?,18?,19-,20-,22-/m0/s1. The number of fused-ring (bicyclic) bond motifs is 1. The van der Waals surface area contributed by atoms with Crippen molar-refractivity contribution < 1.29 is 24.2 Å². The van der Waals surface area contributed by atoms with E-state index in [0.29, 0.717) is 18.3 Å². The predicted octanol–water partition coefficient (Wildman–Crippen LogP) is 3.95. The van der Waals surface area contributed by atoms with Crippen LogP contribution in [0.3, 0.4) is 0 Å². The third-order valence-corrected chi connectivity index (χ3v) is 6.69. The molecule has 0 bridgehead atoms. The van der Waals surface area contributed by atoms with E-state index in [1.165, 1.54) is 5.57 Å². The molecule has 156 valence electrons. The van der Waals surface area contributed by atoms with E-state index in [1.54, 1.807) is 0 Å². The first kappa shape index (κ1) is 21.1. The van der Waals surface area contributed by atoms with Crippen molar-refractivity contribution in [1.29, 1.82) is 0 Å². The number of carbonyl (C=O) groups is 2. The van der Waals surface area contributed by atoms with Gasteiger partial charge in [-0.2, -0.15) is 0 Å². The summed E-state index contributed by atoms with van der Waals surface area (Å²) in [5, 5.41) is 9.86. The second kappa shape index (κ2) is 9.25. The van der Waals surface area contributed by atoms with Gasteiger partial charge in [0.1, 0.15) is 12.2 Å². The highest BCUT2D eigenvalue weighted by Gasteiger charge is 2.40.